The van der Waals surface area contributed by atoms with Crippen LogP contribution in [0.2, 0.25) is 0 Å². The lowest BCUT2D eigenvalue weighted by molar-refractivity contribution is 0.0428. The van der Waals surface area contributed by atoms with E-state index in [0.29, 0.717) is 10.8 Å². The van der Waals surface area contributed by atoms with E-state index in [0.717, 1.165) is 0 Å². The van der Waals surface area contributed by atoms with Gasteiger partial charge in [-0.2, -0.15) is 0 Å². The van der Waals surface area contributed by atoms with Gasteiger partial charge in [-0.1, -0.05) is 48.0 Å². The van der Waals surface area contributed by atoms with E-state index in [1.807, 2.05) is 0 Å². The van der Waals surface area contributed by atoms with Crippen molar-refractivity contribution in [1.29, 1.82) is 0 Å². The van der Waals surface area contributed by atoms with Gasteiger partial charge in [0.1, 0.15) is 0 Å². The normalized spacial score (nSPS) is 13.4. The third kappa shape index (κ3) is 2.48. The van der Waals surface area contributed by atoms with Gasteiger partial charge in [0.05, 0.1) is 0 Å². The van der Waals surface area contributed by atoms with E-state index in [4.69, 9.17) is 0 Å². The molecule has 80 valence electrons. The maximum Gasteiger partial charge on any atom is -0.0254 e. The molecule has 0 aliphatic heterocycles. The van der Waals surface area contributed by atoms with Crippen LogP contribution in [0.15, 0.2) is 0 Å². The highest BCUT2D eigenvalue weighted by Gasteiger charge is 2.39. The Balaban J connectivity index is 4.68. The third-order valence-corrected chi connectivity index (χ3v) is 4.34. The Labute approximate surface area is 85.1 Å². The minimum atomic E-state index is 0.514. The molecule has 0 N–H and O–H groups in total. The minimum absolute atomic E-state index is 0.514. The predicted octanol–water partition coefficient (Wildman–Crippen LogP) is 5.03. The van der Waals surface area contributed by atoms with Gasteiger partial charge in [-0.05, 0) is 36.5 Å². The van der Waals surface area contributed by atoms with Crippen molar-refractivity contribution in [3.05, 3.63) is 0 Å². The highest BCUT2D eigenvalue weighted by atomic mass is 14.4. The lowest BCUT2D eigenvalue weighted by atomic mass is 9.59. The molecule has 13 heavy (non-hydrogen) atoms. The monoisotopic (exact) mass is 184 g/mol. The summed E-state index contributed by atoms with van der Waals surface area (Å²) in [6.45, 7) is 14.3. The van der Waals surface area contributed by atoms with Gasteiger partial charge >= 0.3 is 0 Å². The van der Waals surface area contributed by atoms with Gasteiger partial charge in [0.25, 0.3) is 0 Å². The molecule has 0 spiro atoms. The molecule has 0 aromatic carbocycles. The van der Waals surface area contributed by atoms with Crippen molar-refractivity contribution >= 4 is 0 Å². The van der Waals surface area contributed by atoms with Crippen LogP contribution in [-0.4, -0.2) is 0 Å². The Morgan fingerprint density at radius 2 is 1.15 bits per heavy atom. The first kappa shape index (κ1) is 13.0. The molecule has 0 aromatic heterocycles. The molecular weight excluding hydrogens is 156 g/mol. The molecule has 0 saturated heterocycles. The first-order valence-corrected chi connectivity index (χ1v) is 5.99. The van der Waals surface area contributed by atoms with Crippen molar-refractivity contribution < 1.29 is 0 Å². The van der Waals surface area contributed by atoms with Crippen LogP contribution < -0.4 is 0 Å². The Hall–Kier alpha value is 0. The molecule has 0 fully saturated rings. The molecule has 0 unspecified atom stereocenters. The van der Waals surface area contributed by atoms with E-state index in [1.165, 1.54) is 32.1 Å². The van der Waals surface area contributed by atoms with Gasteiger partial charge in [0.2, 0.25) is 0 Å². The van der Waals surface area contributed by atoms with Crippen LogP contribution in [0.4, 0.5) is 0 Å². The standard InChI is InChI=1S/C13H28/c1-7-11-12(5,6)13(8-2,9-3)10-4/h7-11H2,1-6H3. The zero-order valence-electron chi connectivity index (χ0n) is 10.5. The van der Waals surface area contributed by atoms with E-state index < -0.39 is 0 Å². The molecule has 0 saturated carbocycles. The Kier molecular flexibility index (Phi) is 5.02. The third-order valence-electron chi connectivity index (χ3n) is 4.34. The molecule has 0 aliphatic carbocycles. The average molecular weight is 184 g/mol. The summed E-state index contributed by atoms with van der Waals surface area (Å²) in [4.78, 5) is 0. The summed E-state index contributed by atoms with van der Waals surface area (Å²) < 4.78 is 0. The summed E-state index contributed by atoms with van der Waals surface area (Å²) in [5, 5.41) is 0. The van der Waals surface area contributed by atoms with Crippen LogP contribution in [0.25, 0.3) is 0 Å². The summed E-state index contributed by atoms with van der Waals surface area (Å²) in [6.07, 6.45) is 6.66. The van der Waals surface area contributed by atoms with Crippen LogP contribution >= 0.6 is 0 Å². The Bertz CT molecular complexity index is 121. The van der Waals surface area contributed by atoms with Crippen molar-refractivity contribution in [3.63, 3.8) is 0 Å². The van der Waals surface area contributed by atoms with Crippen molar-refractivity contribution in [2.75, 3.05) is 0 Å². The molecule has 0 bridgehead atoms. The molecule has 0 rings (SSSR count). The first-order chi connectivity index (χ1) is 5.99. The second kappa shape index (κ2) is 5.02. The van der Waals surface area contributed by atoms with Crippen LogP contribution in [-0.2, 0) is 0 Å². The van der Waals surface area contributed by atoms with Crippen LogP contribution in [0.1, 0.15) is 73.6 Å². The predicted molar refractivity (Wildman–Crippen MR) is 62.0 cm³/mol. The summed E-state index contributed by atoms with van der Waals surface area (Å²) in [5.41, 5.74) is 1.09. The van der Waals surface area contributed by atoms with Crippen LogP contribution in [0, 0.1) is 10.8 Å². The fourth-order valence-corrected chi connectivity index (χ4v) is 3.08. The van der Waals surface area contributed by atoms with E-state index in [-0.39, 0.29) is 0 Å². The number of rotatable bonds is 6. The Morgan fingerprint density at radius 3 is 1.38 bits per heavy atom. The fraction of sp³-hybridized carbons (Fsp3) is 1.00. The molecule has 0 amide bonds. The smallest absolute Gasteiger partial charge is 0.0254 e. The van der Waals surface area contributed by atoms with Gasteiger partial charge in [-0.3, -0.25) is 0 Å². The van der Waals surface area contributed by atoms with Gasteiger partial charge in [0.15, 0.2) is 0 Å². The summed E-state index contributed by atoms with van der Waals surface area (Å²) in [7, 11) is 0. The van der Waals surface area contributed by atoms with E-state index >= 15 is 0 Å². The van der Waals surface area contributed by atoms with Crippen molar-refractivity contribution in [1.82, 2.24) is 0 Å². The highest BCUT2D eigenvalue weighted by Crippen LogP contribution is 2.49. The molecular formula is C13H28. The summed E-state index contributed by atoms with van der Waals surface area (Å²) in [6, 6.07) is 0. The molecule has 0 atom stereocenters. The lowest BCUT2D eigenvalue weighted by Crippen LogP contribution is -2.36. The zero-order chi connectivity index (χ0) is 10.5. The van der Waals surface area contributed by atoms with Gasteiger partial charge in [-0.15, -0.1) is 0 Å². The van der Waals surface area contributed by atoms with Crippen molar-refractivity contribution in [3.8, 4) is 0 Å². The largest absolute Gasteiger partial charge is 0.0654 e. The molecule has 0 heteroatoms. The van der Waals surface area contributed by atoms with E-state index in [2.05, 4.69) is 41.5 Å². The maximum absolute atomic E-state index is 2.45. The zero-order valence-corrected chi connectivity index (χ0v) is 10.5. The minimum Gasteiger partial charge on any atom is -0.0654 e. The molecule has 0 aromatic rings. The summed E-state index contributed by atoms with van der Waals surface area (Å²) in [5.74, 6) is 0. The topological polar surface area (TPSA) is 0 Å². The lowest BCUT2D eigenvalue weighted by Gasteiger charge is -2.46. The van der Waals surface area contributed by atoms with Crippen LogP contribution in [0.3, 0.4) is 0 Å². The van der Waals surface area contributed by atoms with E-state index in [9.17, 15) is 0 Å². The number of hydrogen-bond acceptors (Lipinski definition) is 0. The second-order valence-electron chi connectivity index (χ2n) is 4.97. The molecule has 0 nitrogen and oxygen atoms in total. The maximum atomic E-state index is 2.45. The van der Waals surface area contributed by atoms with Crippen molar-refractivity contribution in [2.24, 2.45) is 10.8 Å². The summed E-state index contributed by atoms with van der Waals surface area (Å²) >= 11 is 0. The quantitative estimate of drug-likeness (QED) is 0.543. The van der Waals surface area contributed by atoms with E-state index in [1.54, 1.807) is 0 Å². The average Bonchev–Trinajstić information content (AvgIpc) is 2.07. The Morgan fingerprint density at radius 1 is 0.769 bits per heavy atom. The fourth-order valence-electron chi connectivity index (χ4n) is 3.08. The van der Waals surface area contributed by atoms with Gasteiger partial charge in [-0.25, -0.2) is 0 Å². The van der Waals surface area contributed by atoms with Crippen molar-refractivity contribution in [2.45, 2.75) is 73.6 Å². The first-order valence-electron chi connectivity index (χ1n) is 5.99. The molecule has 0 heterocycles. The van der Waals surface area contributed by atoms with Gasteiger partial charge in [0, 0.05) is 0 Å². The number of hydrogen-bond donors (Lipinski definition) is 0. The van der Waals surface area contributed by atoms with Crippen LogP contribution in [0.5, 0.6) is 0 Å². The molecule has 0 aliphatic rings. The molecule has 0 radical (unpaired) electrons. The second-order valence-corrected chi connectivity index (χ2v) is 4.97. The highest BCUT2D eigenvalue weighted by molar-refractivity contribution is 4.89. The SMILES string of the molecule is CCCC(C)(C)C(CC)(CC)CC. The van der Waals surface area contributed by atoms with Gasteiger partial charge < -0.3 is 0 Å².